The molecular formula is C21H18N3O9PS. The molecule has 182 valence electrons. The van der Waals surface area contributed by atoms with Gasteiger partial charge in [-0.1, -0.05) is 0 Å². The summed E-state index contributed by atoms with van der Waals surface area (Å²) in [5.74, 6) is 0.0578. The molecule has 0 aliphatic heterocycles. The van der Waals surface area contributed by atoms with Crippen molar-refractivity contribution < 1.29 is 28.4 Å². The van der Waals surface area contributed by atoms with Gasteiger partial charge in [-0.3, -0.25) is 30.3 Å². The Hall–Kier alpha value is -3.96. The van der Waals surface area contributed by atoms with Crippen LogP contribution in [0, 0.1) is 51.1 Å². The van der Waals surface area contributed by atoms with Crippen molar-refractivity contribution in [3.05, 3.63) is 102 Å². The van der Waals surface area contributed by atoms with Gasteiger partial charge in [0.25, 0.3) is 17.1 Å². The molecule has 3 aromatic carbocycles. The molecule has 0 bridgehead atoms. The molecule has 0 aromatic heterocycles. The Morgan fingerprint density at radius 2 is 1.03 bits per heavy atom. The summed E-state index contributed by atoms with van der Waals surface area (Å²) >= 11 is 0.669. The maximum absolute atomic E-state index is 13.8. The Bertz CT molecular complexity index is 1230. The average Bonchev–Trinajstić information content (AvgIpc) is 2.72. The first-order valence-corrected chi connectivity index (χ1v) is 12.8. The molecule has 0 amide bonds. The van der Waals surface area contributed by atoms with E-state index in [4.69, 9.17) is 9.05 Å². The fraction of sp³-hybridized carbons (Fsp3) is 0.143. The van der Waals surface area contributed by atoms with E-state index in [2.05, 4.69) is 0 Å². The van der Waals surface area contributed by atoms with Crippen LogP contribution < -0.4 is 9.05 Å². The quantitative estimate of drug-likeness (QED) is 0.169. The van der Waals surface area contributed by atoms with Crippen LogP contribution >= 0.6 is 18.2 Å². The highest BCUT2D eigenvalue weighted by Crippen LogP contribution is 2.63. The molecule has 0 fully saturated rings. The van der Waals surface area contributed by atoms with E-state index in [9.17, 15) is 34.9 Å². The second-order valence-electron chi connectivity index (χ2n) is 7.34. The van der Waals surface area contributed by atoms with Crippen molar-refractivity contribution in [1.82, 2.24) is 0 Å². The molecule has 35 heavy (non-hydrogen) atoms. The van der Waals surface area contributed by atoms with E-state index in [0.29, 0.717) is 21.8 Å². The van der Waals surface area contributed by atoms with Crippen molar-refractivity contribution in [2.45, 2.75) is 25.7 Å². The Kier molecular flexibility index (Phi) is 7.42. The second-order valence-corrected chi connectivity index (χ2v) is 11.1. The lowest BCUT2D eigenvalue weighted by Gasteiger charge is -2.19. The fourth-order valence-electron chi connectivity index (χ4n) is 3.11. The summed E-state index contributed by atoms with van der Waals surface area (Å²) in [4.78, 5) is 32.0. The summed E-state index contributed by atoms with van der Waals surface area (Å²) in [5, 5.41) is 33.3. The summed E-state index contributed by atoms with van der Waals surface area (Å²) in [6.45, 7) is 0.347. The number of rotatable bonds is 9. The van der Waals surface area contributed by atoms with Crippen LogP contribution in [0.3, 0.4) is 0 Å². The summed E-state index contributed by atoms with van der Waals surface area (Å²) in [6, 6.07) is 11.7. The lowest BCUT2D eigenvalue weighted by atomic mass is 10.2. The standard InChI is InChI=1S/C21H18N3O9PS/c1-13-10-16(4-7-19(13)22(25)26)32-34(31,33-17-5-8-20(23(27)28)14(2)11-17)35-18-6-9-21(24(29)30)15(3)12-18/h4-12H,1-3H3. The van der Waals surface area contributed by atoms with Crippen LogP contribution in [0.2, 0.25) is 0 Å². The largest absolute Gasteiger partial charge is 0.497 e. The van der Waals surface area contributed by atoms with Gasteiger partial charge in [0.05, 0.1) is 14.8 Å². The van der Waals surface area contributed by atoms with Crippen LogP contribution in [0.4, 0.5) is 17.1 Å². The van der Waals surface area contributed by atoms with Gasteiger partial charge in [0.2, 0.25) is 0 Å². The molecule has 0 radical (unpaired) electrons. The molecule has 0 unspecified atom stereocenters. The van der Waals surface area contributed by atoms with E-state index in [0.717, 1.165) is 0 Å². The maximum atomic E-state index is 13.8. The predicted octanol–water partition coefficient (Wildman–Crippen LogP) is 6.69. The van der Waals surface area contributed by atoms with Crippen LogP contribution in [-0.4, -0.2) is 14.8 Å². The van der Waals surface area contributed by atoms with Crippen molar-refractivity contribution >= 4 is 35.2 Å². The molecule has 0 spiro atoms. The van der Waals surface area contributed by atoms with Gasteiger partial charge in [0.1, 0.15) is 11.5 Å². The molecule has 0 heterocycles. The predicted molar refractivity (Wildman–Crippen MR) is 128 cm³/mol. The van der Waals surface area contributed by atoms with Gasteiger partial charge in [0, 0.05) is 51.2 Å². The van der Waals surface area contributed by atoms with Crippen molar-refractivity contribution in [3.8, 4) is 11.5 Å². The van der Waals surface area contributed by atoms with Crippen LogP contribution in [0.15, 0.2) is 59.5 Å². The summed E-state index contributed by atoms with van der Waals surface area (Å²) in [5.41, 5.74) is 0.422. The minimum absolute atomic E-state index is 0.0289. The van der Waals surface area contributed by atoms with Gasteiger partial charge in [-0.25, -0.2) is 4.57 Å². The molecule has 0 atom stereocenters. The van der Waals surface area contributed by atoms with E-state index in [1.165, 1.54) is 75.4 Å². The number of hydrogen-bond donors (Lipinski definition) is 0. The van der Waals surface area contributed by atoms with Crippen LogP contribution in [0.5, 0.6) is 11.5 Å². The molecule has 3 aromatic rings. The summed E-state index contributed by atoms with van der Waals surface area (Å²) < 4.78 is 25.2. The maximum Gasteiger partial charge on any atom is 0.497 e. The van der Waals surface area contributed by atoms with Crippen molar-refractivity contribution in [2.75, 3.05) is 0 Å². The lowest BCUT2D eigenvalue weighted by molar-refractivity contribution is -0.385. The molecule has 0 saturated heterocycles. The highest BCUT2D eigenvalue weighted by molar-refractivity contribution is 8.55. The van der Waals surface area contributed by atoms with Crippen LogP contribution in [-0.2, 0) is 4.57 Å². The zero-order valence-electron chi connectivity index (χ0n) is 18.6. The first-order valence-electron chi connectivity index (χ1n) is 9.82. The van der Waals surface area contributed by atoms with Gasteiger partial charge in [0.15, 0.2) is 0 Å². The molecule has 0 aliphatic carbocycles. The van der Waals surface area contributed by atoms with Gasteiger partial charge in [-0.05, 0) is 57.2 Å². The van der Waals surface area contributed by atoms with Crippen molar-refractivity contribution in [2.24, 2.45) is 0 Å². The summed E-state index contributed by atoms with van der Waals surface area (Å²) in [6.07, 6.45) is 0. The zero-order valence-corrected chi connectivity index (χ0v) is 20.3. The normalized spacial score (nSPS) is 11.1. The third-order valence-electron chi connectivity index (χ3n) is 4.75. The highest BCUT2D eigenvalue weighted by atomic mass is 32.7. The van der Waals surface area contributed by atoms with E-state index < -0.39 is 21.6 Å². The molecule has 0 N–H and O–H groups in total. The summed E-state index contributed by atoms with van der Waals surface area (Å²) in [7, 11) is 0. The molecule has 0 saturated carbocycles. The van der Waals surface area contributed by atoms with Crippen LogP contribution in [0.25, 0.3) is 0 Å². The third-order valence-corrected chi connectivity index (χ3v) is 8.05. The van der Waals surface area contributed by atoms with Crippen molar-refractivity contribution in [1.29, 1.82) is 0 Å². The zero-order chi connectivity index (χ0) is 25.9. The first-order chi connectivity index (χ1) is 16.4. The monoisotopic (exact) mass is 519 g/mol. The van der Waals surface area contributed by atoms with E-state index >= 15 is 0 Å². The fourth-order valence-corrected chi connectivity index (χ4v) is 6.44. The van der Waals surface area contributed by atoms with Gasteiger partial charge in [-0.2, -0.15) is 0 Å². The van der Waals surface area contributed by atoms with Gasteiger partial charge in [-0.15, -0.1) is 0 Å². The van der Waals surface area contributed by atoms with E-state index in [1.807, 2.05) is 0 Å². The first kappa shape index (κ1) is 25.7. The molecule has 3 rings (SSSR count). The topological polar surface area (TPSA) is 165 Å². The van der Waals surface area contributed by atoms with Gasteiger partial charge >= 0.3 is 6.80 Å². The number of nitrogens with zero attached hydrogens (tertiary/aromatic N) is 3. The SMILES string of the molecule is Cc1cc(OP(=O)(Oc2ccc([N+](=O)[O-])c(C)c2)Sc2ccc([N+](=O)[O-])c(C)c2)ccc1[N+](=O)[O-]. The number of nitro groups is 3. The van der Waals surface area contributed by atoms with E-state index in [-0.39, 0.29) is 39.7 Å². The minimum Gasteiger partial charge on any atom is -0.408 e. The number of aryl methyl sites for hydroxylation is 3. The second kappa shape index (κ2) is 10.1. The van der Waals surface area contributed by atoms with Gasteiger partial charge < -0.3 is 9.05 Å². The molecule has 0 aliphatic rings. The van der Waals surface area contributed by atoms with Crippen molar-refractivity contribution in [3.63, 3.8) is 0 Å². The smallest absolute Gasteiger partial charge is 0.408 e. The Morgan fingerprint density at radius 1 is 0.657 bits per heavy atom. The third kappa shape index (κ3) is 6.14. The molecular weight excluding hydrogens is 501 g/mol. The van der Waals surface area contributed by atoms with Crippen LogP contribution in [0.1, 0.15) is 16.7 Å². The average molecular weight is 519 g/mol. The Balaban J connectivity index is 2.00. The number of nitro benzene ring substituents is 3. The lowest BCUT2D eigenvalue weighted by Crippen LogP contribution is -2.00. The minimum atomic E-state index is -4.15. The van der Waals surface area contributed by atoms with E-state index in [1.54, 1.807) is 0 Å². The molecule has 14 heteroatoms. The molecule has 12 nitrogen and oxygen atoms in total. The number of benzene rings is 3. The Morgan fingerprint density at radius 3 is 1.37 bits per heavy atom. The number of hydrogen-bond acceptors (Lipinski definition) is 10. The highest BCUT2D eigenvalue weighted by Gasteiger charge is 2.32. The Labute approximate surface area is 202 Å².